The first-order valence-electron chi connectivity index (χ1n) is 10.8. The van der Waals surface area contributed by atoms with E-state index in [4.69, 9.17) is 9.57 Å². The van der Waals surface area contributed by atoms with E-state index < -0.39 is 17.6 Å². The lowest BCUT2D eigenvalue weighted by atomic mass is 9.82. The minimum absolute atomic E-state index is 0.00749. The first-order valence-corrected chi connectivity index (χ1v) is 10.8. The second-order valence-corrected chi connectivity index (χ2v) is 10.8. The van der Waals surface area contributed by atoms with Crippen LogP contribution in [0.5, 0.6) is 0 Å². The molecule has 1 saturated heterocycles. The lowest BCUT2D eigenvalue weighted by Crippen LogP contribution is -2.58. The molecule has 0 radical (unpaired) electrons. The van der Waals surface area contributed by atoms with Crippen LogP contribution < -0.4 is 0 Å². The molecule has 0 amide bonds. The monoisotopic (exact) mass is 395 g/mol. The van der Waals surface area contributed by atoms with Crippen molar-refractivity contribution < 1.29 is 19.5 Å². The molecule has 1 heterocycles. The molecule has 2 rings (SSSR count). The highest BCUT2D eigenvalue weighted by molar-refractivity contribution is 5.74. The molecule has 5 nitrogen and oxygen atoms in total. The Labute approximate surface area is 171 Å². The van der Waals surface area contributed by atoms with Crippen LogP contribution in [-0.2, 0) is 14.4 Å². The molecule has 2 fully saturated rings. The van der Waals surface area contributed by atoms with Crippen LogP contribution in [-0.4, -0.2) is 45.0 Å². The first-order chi connectivity index (χ1) is 12.7. The first kappa shape index (κ1) is 23.4. The number of nitrogens with zero attached hydrogens (tertiary/aromatic N) is 1. The van der Waals surface area contributed by atoms with Crippen molar-refractivity contribution in [2.45, 2.75) is 116 Å². The number of allylic oxidation sites excluding steroid dienone is 1. The number of hydrogen-bond donors (Lipinski definition) is 1. The second kappa shape index (κ2) is 8.45. The summed E-state index contributed by atoms with van der Waals surface area (Å²) >= 11 is 0. The van der Waals surface area contributed by atoms with Gasteiger partial charge in [0.2, 0.25) is 0 Å². The summed E-state index contributed by atoms with van der Waals surface area (Å²) in [5.41, 5.74) is -0.561. The van der Waals surface area contributed by atoms with Crippen molar-refractivity contribution in [2.24, 2.45) is 11.8 Å². The van der Waals surface area contributed by atoms with Crippen LogP contribution in [0.4, 0.5) is 0 Å². The van der Waals surface area contributed by atoms with Crippen LogP contribution in [0, 0.1) is 11.8 Å². The number of aliphatic hydroxyl groups is 1. The lowest BCUT2D eigenvalue weighted by Gasteiger charge is -2.52. The van der Waals surface area contributed by atoms with Gasteiger partial charge in [0.1, 0.15) is 5.60 Å². The van der Waals surface area contributed by atoms with Crippen LogP contribution in [0.3, 0.4) is 0 Å². The predicted octanol–water partition coefficient (Wildman–Crippen LogP) is 4.63. The average Bonchev–Trinajstić information content (AvgIpc) is 2.88. The van der Waals surface area contributed by atoms with Crippen molar-refractivity contribution in [2.75, 3.05) is 0 Å². The molecular weight excluding hydrogens is 354 g/mol. The average molecular weight is 396 g/mol. The number of aliphatic hydroxyl groups excluding tert-OH is 1. The third-order valence-corrected chi connectivity index (χ3v) is 5.93. The van der Waals surface area contributed by atoms with Gasteiger partial charge in [-0.05, 0) is 93.4 Å². The zero-order chi connectivity index (χ0) is 21.3. The minimum atomic E-state index is -0.638. The quantitative estimate of drug-likeness (QED) is 0.543. The number of rotatable bonds is 5. The van der Waals surface area contributed by atoms with Crippen molar-refractivity contribution in [1.82, 2.24) is 5.06 Å². The largest absolute Gasteiger partial charge is 0.460 e. The number of carbonyl (C=O) groups excluding carboxylic acids is 1. The Bertz CT molecular complexity index is 560. The number of hydroxylamine groups is 2. The molecule has 1 aliphatic heterocycles. The van der Waals surface area contributed by atoms with E-state index in [-0.39, 0.29) is 29.1 Å². The summed E-state index contributed by atoms with van der Waals surface area (Å²) in [6.07, 6.45) is 8.18. The number of carbonyl (C=O) groups is 1. The number of esters is 1. The molecule has 0 bridgehead atoms. The van der Waals surface area contributed by atoms with E-state index in [1.165, 1.54) is 6.42 Å². The molecule has 0 aromatic carbocycles. The highest BCUT2D eigenvalue weighted by Crippen LogP contribution is 2.39. The van der Waals surface area contributed by atoms with E-state index in [1.807, 2.05) is 39.8 Å². The third kappa shape index (κ3) is 5.80. The molecule has 5 heteroatoms. The lowest BCUT2D eigenvalue weighted by molar-refractivity contribution is -0.293. The molecule has 2 aliphatic rings. The van der Waals surface area contributed by atoms with Gasteiger partial charge in [-0.25, -0.2) is 0 Å². The van der Waals surface area contributed by atoms with Gasteiger partial charge in [-0.1, -0.05) is 12.2 Å². The smallest absolute Gasteiger partial charge is 0.312 e. The Hall–Kier alpha value is -0.910. The molecular formula is C23H41NO4. The molecule has 1 aliphatic carbocycles. The number of ether oxygens (including phenoxy) is 1. The Morgan fingerprint density at radius 3 is 2.25 bits per heavy atom. The van der Waals surface area contributed by atoms with Gasteiger partial charge in [-0.15, -0.1) is 0 Å². The maximum atomic E-state index is 12.6. The zero-order valence-corrected chi connectivity index (χ0v) is 19.1. The van der Waals surface area contributed by atoms with Crippen molar-refractivity contribution in [3.05, 3.63) is 12.2 Å². The summed E-state index contributed by atoms with van der Waals surface area (Å²) in [6.45, 7) is 16.5. The van der Waals surface area contributed by atoms with Crippen molar-refractivity contribution >= 4 is 5.97 Å². The Balaban J connectivity index is 2.04. The van der Waals surface area contributed by atoms with E-state index in [1.54, 1.807) is 0 Å². The Morgan fingerprint density at radius 1 is 1.14 bits per heavy atom. The van der Waals surface area contributed by atoms with Gasteiger partial charge in [-0.3, -0.25) is 9.63 Å². The van der Waals surface area contributed by atoms with E-state index in [2.05, 4.69) is 32.8 Å². The summed E-state index contributed by atoms with van der Waals surface area (Å²) in [6, 6.07) is 0. The van der Waals surface area contributed by atoms with Crippen LogP contribution in [0.15, 0.2) is 12.2 Å². The van der Waals surface area contributed by atoms with Crippen LogP contribution >= 0.6 is 0 Å². The molecule has 0 aromatic rings. The van der Waals surface area contributed by atoms with Crippen LogP contribution in [0.2, 0.25) is 0 Å². The summed E-state index contributed by atoms with van der Waals surface area (Å²) in [5.74, 6) is -0.817. The van der Waals surface area contributed by atoms with Gasteiger partial charge in [0.05, 0.1) is 18.1 Å². The van der Waals surface area contributed by atoms with Gasteiger partial charge in [-0.2, -0.15) is 5.06 Å². The summed E-state index contributed by atoms with van der Waals surface area (Å²) in [7, 11) is 0. The highest BCUT2D eigenvalue weighted by Gasteiger charge is 2.44. The second-order valence-electron chi connectivity index (χ2n) is 10.8. The molecule has 28 heavy (non-hydrogen) atoms. The third-order valence-electron chi connectivity index (χ3n) is 5.93. The van der Waals surface area contributed by atoms with Gasteiger partial charge < -0.3 is 9.84 Å². The van der Waals surface area contributed by atoms with E-state index in [9.17, 15) is 9.90 Å². The maximum absolute atomic E-state index is 12.6. The van der Waals surface area contributed by atoms with Crippen molar-refractivity contribution in [3.63, 3.8) is 0 Å². The minimum Gasteiger partial charge on any atom is -0.460 e. The molecule has 0 spiro atoms. The molecule has 0 unspecified atom stereocenters. The normalized spacial score (nSPS) is 31.8. The Morgan fingerprint density at radius 2 is 1.71 bits per heavy atom. The van der Waals surface area contributed by atoms with Crippen molar-refractivity contribution in [1.29, 1.82) is 0 Å². The van der Waals surface area contributed by atoms with Gasteiger partial charge in [0.25, 0.3) is 0 Å². The highest BCUT2D eigenvalue weighted by atomic mass is 16.7. The fourth-order valence-electron chi connectivity index (χ4n) is 4.69. The fraction of sp³-hybridized carbons (Fsp3) is 0.870. The zero-order valence-electron chi connectivity index (χ0n) is 19.1. The number of hydrogen-bond acceptors (Lipinski definition) is 5. The van der Waals surface area contributed by atoms with Gasteiger partial charge >= 0.3 is 5.97 Å². The fourth-order valence-corrected chi connectivity index (χ4v) is 4.69. The predicted molar refractivity (Wildman–Crippen MR) is 112 cm³/mol. The van der Waals surface area contributed by atoms with Gasteiger partial charge in [0, 0.05) is 11.1 Å². The summed E-state index contributed by atoms with van der Waals surface area (Å²) < 4.78 is 5.53. The van der Waals surface area contributed by atoms with E-state index in [0.717, 1.165) is 19.3 Å². The van der Waals surface area contributed by atoms with E-state index >= 15 is 0 Å². The van der Waals surface area contributed by atoms with E-state index in [0.29, 0.717) is 6.42 Å². The topological polar surface area (TPSA) is 59.0 Å². The molecule has 1 saturated carbocycles. The molecule has 1 N–H and O–H groups in total. The Kier molecular flexibility index (Phi) is 7.05. The maximum Gasteiger partial charge on any atom is 0.312 e. The summed E-state index contributed by atoms with van der Waals surface area (Å²) in [5, 5.41) is 12.5. The SMILES string of the molecule is C[C@H](/C=C/[C@H]1CC[C@H](O)[C@H]1C(=O)OC(C)(C)C)ON1C(C)(C)CCCC1(C)C. The standard InChI is InChI=1S/C23H41NO4/c1-16(28-24-22(5,6)14-9-15-23(24,7)8)10-11-17-12-13-18(25)19(17)20(26)27-21(2,3)4/h10-11,16-19,25H,9,12-15H2,1-8H3/b11-10+/t16-,17+,18+,19+/m1/s1. The summed E-state index contributed by atoms with van der Waals surface area (Å²) in [4.78, 5) is 18.9. The molecule has 0 aromatic heterocycles. The molecule has 162 valence electrons. The number of piperidine rings is 1. The van der Waals surface area contributed by atoms with Crippen molar-refractivity contribution in [3.8, 4) is 0 Å². The molecule has 4 atom stereocenters. The van der Waals surface area contributed by atoms with Gasteiger partial charge in [0.15, 0.2) is 0 Å². The van der Waals surface area contributed by atoms with Crippen LogP contribution in [0.1, 0.15) is 87.5 Å². The van der Waals surface area contributed by atoms with Crippen LogP contribution in [0.25, 0.3) is 0 Å².